The Balaban J connectivity index is 0.00000137. The first-order valence-corrected chi connectivity index (χ1v) is 12.6. The van der Waals surface area contributed by atoms with E-state index < -0.39 is 0 Å². The lowest BCUT2D eigenvalue weighted by atomic mass is 9.96. The van der Waals surface area contributed by atoms with E-state index in [2.05, 4.69) is 94.5 Å². The Labute approximate surface area is 220 Å². The van der Waals surface area contributed by atoms with Gasteiger partial charge in [0, 0.05) is 17.0 Å². The molecule has 0 saturated carbocycles. The lowest BCUT2D eigenvalue weighted by Gasteiger charge is -2.28. The van der Waals surface area contributed by atoms with Crippen molar-refractivity contribution in [2.75, 3.05) is 5.75 Å². The Hall–Kier alpha value is -2.38. The second kappa shape index (κ2) is 10.9. The molecule has 3 heterocycles. The number of fused-ring (bicyclic) bond motifs is 3. The lowest BCUT2D eigenvalue weighted by Crippen LogP contribution is -2.31. The molecular formula is C26H24Cl2N4S2. The van der Waals surface area contributed by atoms with Crippen molar-refractivity contribution in [2.24, 2.45) is 9.98 Å². The van der Waals surface area contributed by atoms with Crippen molar-refractivity contribution < 1.29 is 0 Å². The van der Waals surface area contributed by atoms with Crippen molar-refractivity contribution in [3.63, 3.8) is 0 Å². The number of benzene rings is 3. The second-order valence-electron chi connectivity index (χ2n) is 7.93. The molecule has 1 atom stereocenters. The maximum absolute atomic E-state index is 4.93. The third kappa shape index (κ3) is 4.86. The van der Waals surface area contributed by atoms with Crippen molar-refractivity contribution in [1.29, 1.82) is 0 Å². The minimum atomic E-state index is 0. The summed E-state index contributed by atoms with van der Waals surface area (Å²) in [4.78, 5) is 12.1. The van der Waals surface area contributed by atoms with Gasteiger partial charge < -0.3 is 10.2 Å². The van der Waals surface area contributed by atoms with Crippen LogP contribution in [0.15, 0.2) is 100.0 Å². The average molecular weight is 528 g/mol. The third-order valence-electron chi connectivity index (χ3n) is 5.94. The van der Waals surface area contributed by atoms with Gasteiger partial charge >= 0.3 is 0 Å². The number of nitrogens with one attached hydrogen (secondary N) is 1. The van der Waals surface area contributed by atoms with Gasteiger partial charge in [-0.2, -0.15) is 0 Å². The molecule has 0 saturated heterocycles. The molecular weight excluding hydrogens is 503 g/mol. The lowest BCUT2D eigenvalue weighted by molar-refractivity contribution is 0.529. The highest BCUT2D eigenvalue weighted by atomic mass is 35.5. The third-order valence-corrected chi connectivity index (χ3v) is 7.81. The number of hydrogen-bond donors (Lipinski definition) is 1. The van der Waals surface area contributed by atoms with Gasteiger partial charge in [0.15, 0.2) is 10.3 Å². The van der Waals surface area contributed by atoms with E-state index >= 15 is 0 Å². The van der Waals surface area contributed by atoms with Crippen molar-refractivity contribution in [2.45, 2.75) is 19.1 Å². The first kappa shape index (κ1) is 24.7. The van der Waals surface area contributed by atoms with Gasteiger partial charge in [0.05, 0.1) is 24.8 Å². The van der Waals surface area contributed by atoms with E-state index in [1.165, 1.54) is 28.0 Å². The maximum Gasteiger partial charge on any atom is 0.168 e. The van der Waals surface area contributed by atoms with Crippen LogP contribution >= 0.6 is 48.3 Å². The van der Waals surface area contributed by atoms with Gasteiger partial charge in [0.1, 0.15) is 0 Å². The fourth-order valence-corrected chi connectivity index (χ4v) is 6.16. The van der Waals surface area contributed by atoms with Crippen LogP contribution in [0.3, 0.4) is 0 Å². The van der Waals surface area contributed by atoms with Gasteiger partial charge in [0.25, 0.3) is 0 Å². The molecule has 0 aliphatic carbocycles. The molecule has 0 fully saturated rings. The van der Waals surface area contributed by atoms with Gasteiger partial charge in [-0.3, -0.25) is 4.99 Å². The summed E-state index contributed by atoms with van der Waals surface area (Å²) in [7, 11) is 0. The Morgan fingerprint density at radius 1 is 0.912 bits per heavy atom. The Bertz CT molecular complexity index is 1260. The summed E-state index contributed by atoms with van der Waals surface area (Å²) in [6.07, 6.45) is 0. The SMILES string of the molecule is C1=C(CSC2=Nc3ccccc3C(c3ccccc3)N2)N2Cc3ccccc3CN=C2S1.Cl.Cl. The Morgan fingerprint density at radius 3 is 2.50 bits per heavy atom. The van der Waals surface area contributed by atoms with Crippen LogP contribution < -0.4 is 5.32 Å². The maximum atomic E-state index is 4.93. The predicted octanol–water partition coefficient (Wildman–Crippen LogP) is 6.90. The normalized spacial score (nSPS) is 17.8. The van der Waals surface area contributed by atoms with Crippen molar-refractivity contribution >= 4 is 64.4 Å². The molecule has 0 amide bonds. The van der Waals surface area contributed by atoms with E-state index in [-0.39, 0.29) is 30.9 Å². The van der Waals surface area contributed by atoms with Crippen LogP contribution in [0.4, 0.5) is 5.69 Å². The summed E-state index contributed by atoms with van der Waals surface area (Å²) >= 11 is 3.49. The van der Waals surface area contributed by atoms with Crippen LogP contribution in [0.2, 0.25) is 0 Å². The van der Waals surface area contributed by atoms with Crippen molar-refractivity contribution in [3.05, 3.63) is 112 Å². The minimum absolute atomic E-state index is 0. The molecule has 34 heavy (non-hydrogen) atoms. The number of rotatable bonds is 3. The number of halogens is 2. The fraction of sp³-hybridized carbons (Fsp3) is 0.154. The highest BCUT2D eigenvalue weighted by molar-refractivity contribution is 8.17. The van der Waals surface area contributed by atoms with E-state index in [0.717, 1.165) is 34.9 Å². The first-order chi connectivity index (χ1) is 15.8. The van der Waals surface area contributed by atoms with Gasteiger partial charge in [-0.25, -0.2) is 4.99 Å². The monoisotopic (exact) mass is 526 g/mol. The van der Waals surface area contributed by atoms with Crippen LogP contribution in [-0.2, 0) is 13.1 Å². The highest BCUT2D eigenvalue weighted by Crippen LogP contribution is 2.37. The molecule has 1 N–H and O–H groups in total. The fourth-order valence-electron chi connectivity index (χ4n) is 4.26. The van der Waals surface area contributed by atoms with E-state index in [1.54, 1.807) is 23.5 Å². The largest absolute Gasteiger partial charge is 0.354 e. The van der Waals surface area contributed by atoms with Crippen molar-refractivity contribution in [1.82, 2.24) is 10.2 Å². The molecule has 3 aliphatic rings. The van der Waals surface area contributed by atoms with Gasteiger partial charge in [-0.15, -0.1) is 24.8 Å². The average Bonchev–Trinajstić information content (AvgIpc) is 3.13. The summed E-state index contributed by atoms with van der Waals surface area (Å²) in [6, 6.07) is 27.8. The summed E-state index contributed by atoms with van der Waals surface area (Å²) < 4.78 is 0. The van der Waals surface area contributed by atoms with Gasteiger partial charge in [0.2, 0.25) is 0 Å². The molecule has 3 aromatic carbocycles. The smallest absolute Gasteiger partial charge is 0.168 e. The molecule has 1 unspecified atom stereocenters. The van der Waals surface area contributed by atoms with Gasteiger partial charge in [-0.05, 0) is 28.2 Å². The summed E-state index contributed by atoms with van der Waals surface area (Å²) in [6.45, 7) is 1.64. The number of para-hydroxylation sites is 1. The Kier molecular flexibility index (Phi) is 7.94. The van der Waals surface area contributed by atoms with Crippen LogP contribution in [0.1, 0.15) is 28.3 Å². The first-order valence-electron chi connectivity index (χ1n) is 10.7. The molecule has 3 aromatic rings. The molecule has 3 aliphatic heterocycles. The van der Waals surface area contributed by atoms with E-state index in [4.69, 9.17) is 9.98 Å². The van der Waals surface area contributed by atoms with E-state index in [9.17, 15) is 0 Å². The zero-order valence-electron chi connectivity index (χ0n) is 18.3. The quantitative estimate of drug-likeness (QED) is 0.402. The highest BCUT2D eigenvalue weighted by Gasteiger charge is 2.28. The van der Waals surface area contributed by atoms with Crippen molar-refractivity contribution in [3.8, 4) is 0 Å². The number of amidine groups is 2. The number of thioether (sulfide) groups is 2. The summed E-state index contributed by atoms with van der Waals surface area (Å²) in [5.41, 5.74) is 7.48. The summed E-state index contributed by atoms with van der Waals surface area (Å²) in [5, 5.41) is 7.98. The van der Waals surface area contributed by atoms with E-state index in [0.29, 0.717) is 0 Å². The molecule has 4 nitrogen and oxygen atoms in total. The molecule has 0 aromatic heterocycles. The molecule has 6 rings (SSSR count). The number of hydrogen-bond acceptors (Lipinski definition) is 6. The second-order valence-corrected chi connectivity index (χ2v) is 9.73. The number of aliphatic imine (C=N–C) groups is 2. The molecule has 174 valence electrons. The van der Waals surface area contributed by atoms with Crippen LogP contribution in [0.25, 0.3) is 0 Å². The molecule has 0 radical (unpaired) electrons. The standard InChI is InChI=1S/C26H22N4S2.2ClH/c1-2-8-18(9-3-1)24-22-12-6-7-13-23(22)28-25(29-24)31-16-21-17-32-26-27-14-19-10-4-5-11-20(19)15-30(21)26;;/h1-13,17,24H,14-16H2,(H,28,29);2*1H. The Morgan fingerprint density at radius 2 is 1.65 bits per heavy atom. The van der Waals surface area contributed by atoms with Gasteiger partial charge in [-0.1, -0.05) is 96.3 Å². The number of nitrogens with zero attached hydrogens (tertiary/aromatic N) is 3. The topological polar surface area (TPSA) is 40.0 Å². The van der Waals surface area contributed by atoms with Crippen LogP contribution in [-0.4, -0.2) is 21.0 Å². The predicted molar refractivity (Wildman–Crippen MR) is 151 cm³/mol. The van der Waals surface area contributed by atoms with E-state index in [1.807, 2.05) is 0 Å². The molecule has 0 bridgehead atoms. The van der Waals surface area contributed by atoms with Crippen LogP contribution in [0.5, 0.6) is 0 Å². The zero-order valence-corrected chi connectivity index (χ0v) is 21.5. The zero-order chi connectivity index (χ0) is 21.3. The molecule has 8 heteroatoms. The summed E-state index contributed by atoms with van der Waals surface area (Å²) in [5.74, 6) is 0.851. The molecule has 0 spiro atoms. The van der Waals surface area contributed by atoms with Crippen LogP contribution in [0, 0.1) is 0 Å². The minimum Gasteiger partial charge on any atom is -0.354 e.